The summed E-state index contributed by atoms with van der Waals surface area (Å²) in [5, 5.41) is 11.3. The first-order valence-electron chi connectivity index (χ1n) is 4.50. The zero-order valence-electron chi connectivity index (χ0n) is 8.31. The predicted molar refractivity (Wildman–Crippen MR) is 58.4 cm³/mol. The monoisotopic (exact) mass is 201 g/mol. The molecule has 0 radical (unpaired) electrons. The molecule has 76 valence electrons. The first-order valence-corrected chi connectivity index (χ1v) is 4.50. The number of rotatable bonds is 2. The van der Waals surface area contributed by atoms with Gasteiger partial charge in [-0.05, 0) is 19.1 Å². The van der Waals surface area contributed by atoms with Crippen LogP contribution in [0.15, 0.2) is 24.5 Å². The minimum absolute atomic E-state index is 0.459. The zero-order valence-corrected chi connectivity index (χ0v) is 8.31. The van der Waals surface area contributed by atoms with Crippen LogP contribution in [0.2, 0.25) is 0 Å². The third-order valence-corrected chi connectivity index (χ3v) is 2.20. The van der Waals surface area contributed by atoms with Crippen molar-refractivity contribution in [1.29, 1.82) is 5.41 Å². The summed E-state index contributed by atoms with van der Waals surface area (Å²) in [4.78, 5) is 4.16. The number of nitrogens with one attached hydrogen (secondary N) is 1. The summed E-state index contributed by atoms with van der Waals surface area (Å²) in [6.45, 7) is 1.89. The average Bonchev–Trinajstić information content (AvgIpc) is 2.60. The summed E-state index contributed by atoms with van der Waals surface area (Å²) in [6, 6.07) is 3.72. The lowest BCUT2D eigenvalue weighted by Crippen LogP contribution is -2.05. The fourth-order valence-corrected chi connectivity index (χ4v) is 1.37. The lowest BCUT2D eigenvalue weighted by molar-refractivity contribution is 0.872. The summed E-state index contributed by atoms with van der Waals surface area (Å²) < 4.78 is 1.59. The molecule has 5 nitrogen and oxygen atoms in total. The van der Waals surface area contributed by atoms with Gasteiger partial charge in [0.25, 0.3) is 0 Å². The molecule has 0 aliphatic carbocycles. The van der Waals surface area contributed by atoms with Crippen LogP contribution in [0.4, 0.5) is 5.82 Å². The summed E-state index contributed by atoms with van der Waals surface area (Å²) in [5.74, 6) is 0.459. The Balaban J connectivity index is 2.59. The standard InChI is InChI=1S/C10H11N5/c1-7-9(3-2-4-13-7)15-10(12)8(5-11)6-14-15/h2-6,11H,12H2,1H3. The fourth-order valence-electron chi connectivity index (χ4n) is 1.37. The van der Waals surface area contributed by atoms with Crippen LogP contribution >= 0.6 is 0 Å². The van der Waals surface area contributed by atoms with Crippen LogP contribution in [0.1, 0.15) is 11.3 Å². The van der Waals surface area contributed by atoms with Gasteiger partial charge in [0.1, 0.15) is 5.82 Å². The van der Waals surface area contributed by atoms with Gasteiger partial charge in [0.15, 0.2) is 0 Å². The normalized spacial score (nSPS) is 10.2. The van der Waals surface area contributed by atoms with Crippen molar-refractivity contribution in [2.45, 2.75) is 6.92 Å². The van der Waals surface area contributed by atoms with Gasteiger partial charge in [0.05, 0.1) is 23.1 Å². The molecule has 2 aromatic rings. The van der Waals surface area contributed by atoms with Crippen molar-refractivity contribution in [2.75, 3.05) is 5.73 Å². The highest BCUT2D eigenvalue weighted by atomic mass is 15.3. The highest BCUT2D eigenvalue weighted by Gasteiger charge is 2.08. The van der Waals surface area contributed by atoms with Crippen molar-refractivity contribution >= 4 is 12.0 Å². The van der Waals surface area contributed by atoms with Crippen LogP contribution in [0, 0.1) is 12.3 Å². The highest BCUT2D eigenvalue weighted by molar-refractivity contribution is 5.83. The minimum atomic E-state index is 0.459. The van der Waals surface area contributed by atoms with E-state index in [-0.39, 0.29) is 0 Å². The van der Waals surface area contributed by atoms with Crippen molar-refractivity contribution in [3.8, 4) is 5.69 Å². The molecule has 15 heavy (non-hydrogen) atoms. The Morgan fingerprint density at radius 3 is 2.93 bits per heavy atom. The van der Waals surface area contributed by atoms with Crippen molar-refractivity contribution in [2.24, 2.45) is 0 Å². The molecule has 0 atom stereocenters. The molecule has 2 rings (SSSR count). The van der Waals surface area contributed by atoms with E-state index >= 15 is 0 Å². The highest BCUT2D eigenvalue weighted by Crippen LogP contribution is 2.16. The Bertz CT molecular complexity index is 500. The van der Waals surface area contributed by atoms with Gasteiger partial charge in [-0.2, -0.15) is 5.10 Å². The maximum atomic E-state index is 7.14. The maximum Gasteiger partial charge on any atom is 0.136 e. The Labute approximate surface area is 87.1 Å². The van der Waals surface area contributed by atoms with Gasteiger partial charge >= 0.3 is 0 Å². The third-order valence-electron chi connectivity index (χ3n) is 2.20. The number of nitrogens with zero attached hydrogens (tertiary/aromatic N) is 3. The largest absolute Gasteiger partial charge is 0.383 e. The van der Waals surface area contributed by atoms with Crippen LogP contribution in [0.5, 0.6) is 0 Å². The van der Waals surface area contributed by atoms with E-state index in [0.29, 0.717) is 11.4 Å². The number of nitrogens with two attached hydrogens (primary N) is 1. The predicted octanol–water partition coefficient (Wildman–Crippen LogP) is 1.16. The van der Waals surface area contributed by atoms with E-state index in [1.807, 2.05) is 19.1 Å². The molecule has 0 amide bonds. The van der Waals surface area contributed by atoms with Crippen molar-refractivity contribution in [3.05, 3.63) is 35.8 Å². The Morgan fingerprint density at radius 2 is 2.33 bits per heavy atom. The van der Waals surface area contributed by atoms with Gasteiger partial charge in [-0.15, -0.1) is 0 Å². The minimum Gasteiger partial charge on any atom is -0.383 e. The summed E-state index contributed by atoms with van der Waals surface area (Å²) >= 11 is 0. The molecule has 0 saturated heterocycles. The van der Waals surface area contributed by atoms with Crippen LogP contribution < -0.4 is 5.73 Å². The second-order valence-corrected chi connectivity index (χ2v) is 3.15. The molecule has 0 fully saturated rings. The van der Waals surface area contributed by atoms with Gasteiger partial charge in [0, 0.05) is 12.4 Å². The van der Waals surface area contributed by atoms with E-state index in [1.54, 1.807) is 17.1 Å². The first kappa shape index (κ1) is 9.39. The molecule has 3 N–H and O–H groups in total. The van der Waals surface area contributed by atoms with E-state index < -0.39 is 0 Å². The summed E-state index contributed by atoms with van der Waals surface area (Å²) in [7, 11) is 0. The molecular weight excluding hydrogens is 190 g/mol. The van der Waals surface area contributed by atoms with E-state index in [1.165, 1.54) is 6.21 Å². The lowest BCUT2D eigenvalue weighted by atomic mass is 10.3. The molecule has 0 bridgehead atoms. The van der Waals surface area contributed by atoms with Crippen LogP contribution in [0.25, 0.3) is 5.69 Å². The van der Waals surface area contributed by atoms with Crippen LogP contribution in [-0.4, -0.2) is 21.0 Å². The maximum absolute atomic E-state index is 7.14. The van der Waals surface area contributed by atoms with Gasteiger partial charge in [-0.1, -0.05) is 0 Å². The molecule has 2 heterocycles. The smallest absolute Gasteiger partial charge is 0.136 e. The number of nitrogen functional groups attached to an aromatic ring is 1. The number of pyridine rings is 1. The van der Waals surface area contributed by atoms with E-state index in [9.17, 15) is 0 Å². The van der Waals surface area contributed by atoms with E-state index in [0.717, 1.165) is 11.4 Å². The molecule has 0 unspecified atom stereocenters. The number of aryl methyl sites for hydroxylation is 1. The van der Waals surface area contributed by atoms with Gasteiger partial charge in [0.2, 0.25) is 0 Å². The fraction of sp³-hybridized carbons (Fsp3) is 0.100. The van der Waals surface area contributed by atoms with Crippen molar-refractivity contribution < 1.29 is 0 Å². The number of aromatic nitrogens is 3. The number of anilines is 1. The van der Waals surface area contributed by atoms with Crippen molar-refractivity contribution in [1.82, 2.24) is 14.8 Å². The number of hydrogen-bond acceptors (Lipinski definition) is 4. The zero-order chi connectivity index (χ0) is 10.8. The Morgan fingerprint density at radius 1 is 1.53 bits per heavy atom. The quantitative estimate of drug-likeness (QED) is 0.715. The topological polar surface area (TPSA) is 80.6 Å². The van der Waals surface area contributed by atoms with Gasteiger partial charge in [-0.25, -0.2) is 4.68 Å². The Hall–Kier alpha value is -2.17. The molecule has 0 aliphatic heterocycles. The van der Waals surface area contributed by atoms with E-state index in [4.69, 9.17) is 11.1 Å². The average molecular weight is 201 g/mol. The van der Waals surface area contributed by atoms with Crippen molar-refractivity contribution in [3.63, 3.8) is 0 Å². The molecular formula is C10H11N5. The summed E-state index contributed by atoms with van der Waals surface area (Å²) in [5.41, 5.74) is 8.13. The van der Waals surface area contributed by atoms with Crippen LogP contribution in [-0.2, 0) is 0 Å². The van der Waals surface area contributed by atoms with Gasteiger partial charge < -0.3 is 11.1 Å². The Kier molecular flexibility index (Phi) is 2.21. The van der Waals surface area contributed by atoms with E-state index in [2.05, 4.69) is 10.1 Å². The van der Waals surface area contributed by atoms with Gasteiger partial charge in [-0.3, -0.25) is 4.98 Å². The summed E-state index contributed by atoms with van der Waals surface area (Å²) in [6.07, 6.45) is 4.47. The van der Waals surface area contributed by atoms with Crippen LogP contribution in [0.3, 0.4) is 0 Å². The molecule has 2 aromatic heterocycles. The molecule has 0 saturated carbocycles. The molecule has 5 heteroatoms. The SMILES string of the molecule is Cc1ncccc1-n1ncc(C=N)c1N. The molecule has 0 spiro atoms. The molecule has 0 aromatic carbocycles. The second-order valence-electron chi connectivity index (χ2n) is 3.15. The third kappa shape index (κ3) is 1.48. The second kappa shape index (κ2) is 3.53. The lowest BCUT2D eigenvalue weighted by Gasteiger charge is -2.06. The first-order chi connectivity index (χ1) is 7.24. The number of hydrogen-bond donors (Lipinski definition) is 2. The molecule has 0 aliphatic rings.